The van der Waals surface area contributed by atoms with Crippen LogP contribution in [0, 0.1) is 13.8 Å². The van der Waals surface area contributed by atoms with E-state index < -0.39 is 0 Å². The number of aryl methyl sites for hydroxylation is 2. The van der Waals surface area contributed by atoms with Crippen molar-refractivity contribution in [3.05, 3.63) is 71.7 Å². The topological polar surface area (TPSA) is 25.8 Å². The highest BCUT2D eigenvalue weighted by Crippen LogP contribution is 2.33. The van der Waals surface area contributed by atoms with E-state index in [0.29, 0.717) is 0 Å². The first kappa shape index (κ1) is 16.7. The Labute approximate surface area is 154 Å². The Morgan fingerprint density at radius 1 is 0.731 bits per heavy atom. The molecule has 0 bridgehead atoms. The molecule has 0 fully saturated rings. The van der Waals surface area contributed by atoms with Crippen LogP contribution in [-0.4, -0.2) is 9.97 Å². The summed E-state index contributed by atoms with van der Waals surface area (Å²) in [6.07, 6.45) is 3.93. The molecule has 0 N–H and O–H groups in total. The Kier molecular flexibility index (Phi) is 3.80. The van der Waals surface area contributed by atoms with Gasteiger partial charge in [0, 0.05) is 39.8 Å². The van der Waals surface area contributed by atoms with Gasteiger partial charge in [-0.05, 0) is 48.9 Å². The molecule has 26 heavy (non-hydrogen) atoms. The Balaban J connectivity index is 1.99. The first-order chi connectivity index (χ1) is 12.3. The van der Waals surface area contributed by atoms with Crippen LogP contribution < -0.4 is 0 Å². The summed E-state index contributed by atoms with van der Waals surface area (Å²) in [5.74, 6) is 0. The molecule has 0 aliphatic heterocycles. The van der Waals surface area contributed by atoms with Gasteiger partial charge in [-0.3, -0.25) is 9.97 Å². The van der Waals surface area contributed by atoms with Crippen molar-refractivity contribution in [3.63, 3.8) is 0 Å². The molecule has 0 atom stereocenters. The summed E-state index contributed by atoms with van der Waals surface area (Å²) >= 11 is 0. The minimum atomic E-state index is 0.0473. The SMILES string of the molecule is Cc1cc(C)cc(-c2nccc3c2ccc2cc(C(C)(C)C)ncc23)c1. The second-order valence-electron chi connectivity index (χ2n) is 8.24. The van der Waals surface area contributed by atoms with Gasteiger partial charge in [0.15, 0.2) is 0 Å². The monoisotopic (exact) mass is 340 g/mol. The van der Waals surface area contributed by atoms with Crippen LogP contribution >= 0.6 is 0 Å². The second-order valence-corrected chi connectivity index (χ2v) is 8.24. The third-order valence-corrected chi connectivity index (χ3v) is 4.91. The fourth-order valence-electron chi connectivity index (χ4n) is 3.64. The molecule has 4 rings (SSSR count). The zero-order chi connectivity index (χ0) is 18.5. The summed E-state index contributed by atoms with van der Waals surface area (Å²) < 4.78 is 0. The number of nitrogens with zero attached hydrogens (tertiary/aromatic N) is 2. The van der Waals surface area contributed by atoms with Crippen LogP contribution in [0.25, 0.3) is 32.8 Å². The average Bonchev–Trinajstić information content (AvgIpc) is 2.59. The second kappa shape index (κ2) is 5.91. The molecule has 0 radical (unpaired) electrons. The van der Waals surface area contributed by atoms with Gasteiger partial charge in [0.1, 0.15) is 0 Å². The minimum absolute atomic E-state index is 0.0473. The van der Waals surface area contributed by atoms with Crippen molar-refractivity contribution in [1.82, 2.24) is 9.97 Å². The molecule has 4 aromatic rings. The van der Waals surface area contributed by atoms with Crippen molar-refractivity contribution in [2.24, 2.45) is 0 Å². The number of rotatable bonds is 1. The molecule has 0 saturated carbocycles. The van der Waals surface area contributed by atoms with Crippen LogP contribution in [0.15, 0.2) is 54.9 Å². The molecule has 0 saturated heterocycles. The molecule has 0 aliphatic carbocycles. The lowest BCUT2D eigenvalue weighted by atomic mass is 9.90. The fraction of sp³-hybridized carbons (Fsp3) is 0.250. The van der Waals surface area contributed by atoms with Crippen molar-refractivity contribution >= 4 is 21.5 Å². The van der Waals surface area contributed by atoms with Crippen molar-refractivity contribution in [2.75, 3.05) is 0 Å². The maximum atomic E-state index is 4.74. The zero-order valence-electron chi connectivity index (χ0n) is 16.1. The number of hydrogen-bond acceptors (Lipinski definition) is 2. The first-order valence-electron chi connectivity index (χ1n) is 9.09. The molecule has 0 spiro atoms. The number of hydrogen-bond donors (Lipinski definition) is 0. The van der Waals surface area contributed by atoms with Gasteiger partial charge in [-0.15, -0.1) is 0 Å². The summed E-state index contributed by atoms with van der Waals surface area (Å²) in [5, 5.41) is 4.80. The standard InChI is InChI=1S/C24H24N2/c1-15-10-16(2)12-18(11-15)23-20-7-6-17-13-22(24(3,4)5)26-14-21(17)19(20)8-9-25-23/h6-14H,1-5H3. The van der Waals surface area contributed by atoms with E-state index in [1.807, 2.05) is 12.4 Å². The molecule has 2 heteroatoms. The lowest BCUT2D eigenvalue weighted by molar-refractivity contribution is 0.570. The van der Waals surface area contributed by atoms with Gasteiger partial charge < -0.3 is 0 Å². The molecule has 0 amide bonds. The van der Waals surface area contributed by atoms with Crippen molar-refractivity contribution in [3.8, 4) is 11.3 Å². The normalized spacial score (nSPS) is 12.0. The Morgan fingerprint density at radius 3 is 2.15 bits per heavy atom. The van der Waals surface area contributed by atoms with Gasteiger partial charge in [-0.25, -0.2) is 0 Å². The van der Waals surface area contributed by atoms with Gasteiger partial charge in [-0.1, -0.05) is 50.1 Å². The highest BCUT2D eigenvalue weighted by molar-refractivity contribution is 6.11. The van der Waals surface area contributed by atoms with E-state index in [0.717, 1.165) is 11.4 Å². The van der Waals surface area contributed by atoms with E-state index in [9.17, 15) is 0 Å². The number of benzene rings is 2. The largest absolute Gasteiger partial charge is 0.260 e. The molecule has 0 unspecified atom stereocenters. The van der Waals surface area contributed by atoms with Crippen molar-refractivity contribution in [2.45, 2.75) is 40.0 Å². The molecule has 0 aliphatic rings. The van der Waals surface area contributed by atoms with Crippen LogP contribution in [0.1, 0.15) is 37.6 Å². The number of pyridine rings is 2. The fourth-order valence-corrected chi connectivity index (χ4v) is 3.64. The summed E-state index contributed by atoms with van der Waals surface area (Å²) in [4.78, 5) is 9.44. The zero-order valence-corrected chi connectivity index (χ0v) is 16.1. The smallest absolute Gasteiger partial charge is 0.0780 e. The Morgan fingerprint density at radius 2 is 1.46 bits per heavy atom. The summed E-state index contributed by atoms with van der Waals surface area (Å²) in [6, 6.07) is 15.3. The summed E-state index contributed by atoms with van der Waals surface area (Å²) in [5.41, 5.74) is 5.90. The van der Waals surface area contributed by atoms with Gasteiger partial charge in [-0.2, -0.15) is 0 Å². The van der Waals surface area contributed by atoms with Crippen molar-refractivity contribution in [1.29, 1.82) is 0 Å². The van der Waals surface area contributed by atoms with Crippen LogP contribution in [0.3, 0.4) is 0 Å². The quantitative estimate of drug-likeness (QED) is 0.377. The van der Waals surface area contributed by atoms with Crippen LogP contribution in [0.5, 0.6) is 0 Å². The van der Waals surface area contributed by atoms with Crippen LogP contribution in [-0.2, 0) is 5.41 Å². The molecule has 2 nitrogen and oxygen atoms in total. The lowest BCUT2D eigenvalue weighted by Gasteiger charge is -2.18. The molecule has 2 aromatic heterocycles. The van der Waals surface area contributed by atoms with E-state index in [2.05, 4.69) is 77.1 Å². The number of fused-ring (bicyclic) bond motifs is 3. The molecule has 2 heterocycles. The third kappa shape index (κ3) is 2.86. The van der Waals surface area contributed by atoms with Crippen LogP contribution in [0.2, 0.25) is 0 Å². The summed E-state index contributed by atoms with van der Waals surface area (Å²) in [7, 11) is 0. The predicted octanol–water partition coefficient (Wildman–Crippen LogP) is 6.36. The van der Waals surface area contributed by atoms with E-state index in [1.165, 1.54) is 38.2 Å². The highest BCUT2D eigenvalue weighted by Gasteiger charge is 2.16. The maximum absolute atomic E-state index is 4.74. The Hall–Kier alpha value is -2.74. The van der Waals surface area contributed by atoms with Gasteiger partial charge >= 0.3 is 0 Å². The predicted molar refractivity (Wildman–Crippen MR) is 111 cm³/mol. The minimum Gasteiger partial charge on any atom is -0.260 e. The highest BCUT2D eigenvalue weighted by atomic mass is 14.7. The third-order valence-electron chi connectivity index (χ3n) is 4.91. The molecule has 2 aromatic carbocycles. The maximum Gasteiger partial charge on any atom is 0.0780 e. The van der Waals surface area contributed by atoms with E-state index in [4.69, 9.17) is 9.97 Å². The van der Waals surface area contributed by atoms with E-state index in [1.54, 1.807) is 0 Å². The number of aromatic nitrogens is 2. The molecular formula is C24H24N2. The first-order valence-corrected chi connectivity index (χ1v) is 9.09. The lowest BCUT2D eigenvalue weighted by Crippen LogP contribution is -2.13. The summed E-state index contributed by atoms with van der Waals surface area (Å²) in [6.45, 7) is 10.9. The van der Waals surface area contributed by atoms with Gasteiger partial charge in [0.25, 0.3) is 0 Å². The van der Waals surface area contributed by atoms with Gasteiger partial charge in [0.2, 0.25) is 0 Å². The van der Waals surface area contributed by atoms with E-state index >= 15 is 0 Å². The van der Waals surface area contributed by atoms with Gasteiger partial charge in [0.05, 0.1) is 5.69 Å². The van der Waals surface area contributed by atoms with Crippen LogP contribution in [0.4, 0.5) is 0 Å². The molecule has 130 valence electrons. The van der Waals surface area contributed by atoms with E-state index in [-0.39, 0.29) is 5.41 Å². The Bertz CT molecular complexity index is 1110. The average molecular weight is 340 g/mol. The molecular weight excluding hydrogens is 316 g/mol. The van der Waals surface area contributed by atoms with Crippen molar-refractivity contribution < 1.29 is 0 Å².